The summed E-state index contributed by atoms with van der Waals surface area (Å²) in [5.41, 5.74) is 3.64. The Labute approximate surface area is 193 Å². The van der Waals surface area contributed by atoms with Gasteiger partial charge in [-0.05, 0) is 44.0 Å². The first-order valence-corrected chi connectivity index (χ1v) is 11.1. The summed E-state index contributed by atoms with van der Waals surface area (Å²) in [5, 5.41) is 3.07. The second-order valence-electron chi connectivity index (χ2n) is 8.33. The van der Waals surface area contributed by atoms with Crippen LogP contribution in [0.2, 0.25) is 0 Å². The molecule has 1 atom stereocenters. The number of nitrogens with zero attached hydrogens (tertiary/aromatic N) is 3. The van der Waals surface area contributed by atoms with Gasteiger partial charge in [0.1, 0.15) is 17.3 Å². The fourth-order valence-electron chi connectivity index (χ4n) is 4.29. The van der Waals surface area contributed by atoms with E-state index in [0.717, 1.165) is 46.9 Å². The number of benzene rings is 1. The Balaban J connectivity index is 1.59. The molecule has 2 aromatic heterocycles. The van der Waals surface area contributed by atoms with Crippen molar-refractivity contribution >= 4 is 5.91 Å². The average Bonchev–Trinajstić information content (AvgIpc) is 3.39. The Bertz CT molecular complexity index is 1110. The van der Waals surface area contributed by atoms with Crippen molar-refractivity contribution < 1.29 is 18.7 Å². The van der Waals surface area contributed by atoms with Crippen molar-refractivity contribution in [3.05, 3.63) is 59.2 Å². The zero-order valence-corrected chi connectivity index (χ0v) is 19.6. The molecule has 3 heterocycles. The van der Waals surface area contributed by atoms with E-state index >= 15 is 0 Å². The molecule has 1 aliphatic heterocycles. The van der Waals surface area contributed by atoms with E-state index in [-0.39, 0.29) is 11.9 Å². The van der Waals surface area contributed by atoms with E-state index in [1.165, 1.54) is 0 Å². The third kappa shape index (κ3) is 5.17. The van der Waals surface area contributed by atoms with Crippen LogP contribution in [0.3, 0.4) is 0 Å². The van der Waals surface area contributed by atoms with Gasteiger partial charge in [0.2, 0.25) is 11.8 Å². The van der Waals surface area contributed by atoms with Crippen molar-refractivity contribution in [3.8, 4) is 23.0 Å². The predicted octanol–water partition coefficient (Wildman–Crippen LogP) is 3.65. The molecule has 1 amide bonds. The molecule has 3 aromatic rings. The summed E-state index contributed by atoms with van der Waals surface area (Å²) in [5.74, 6) is 2.82. The third-order valence-corrected chi connectivity index (χ3v) is 5.97. The summed E-state index contributed by atoms with van der Waals surface area (Å²) < 4.78 is 17.1. The fraction of sp³-hybridized carbons (Fsp3) is 0.400. The van der Waals surface area contributed by atoms with Crippen LogP contribution in [0.4, 0.5) is 0 Å². The molecule has 0 unspecified atom stereocenters. The summed E-state index contributed by atoms with van der Waals surface area (Å²) in [6.45, 7) is 5.89. The highest BCUT2D eigenvalue weighted by molar-refractivity contribution is 5.78. The topological polar surface area (TPSA) is 89.7 Å². The average molecular weight is 451 g/mol. The number of carbonyl (C=O) groups excluding carboxylic acids is 1. The Morgan fingerprint density at radius 1 is 1.18 bits per heavy atom. The molecule has 0 bridgehead atoms. The number of hydrogen-bond donors (Lipinski definition) is 1. The van der Waals surface area contributed by atoms with Gasteiger partial charge in [-0.15, -0.1) is 0 Å². The summed E-state index contributed by atoms with van der Waals surface area (Å²) in [6, 6.07) is 7.91. The maximum absolute atomic E-state index is 11.7. The molecule has 0 spiro atoms. The number of hydrogen-bond acceptors (Lipinski definition) is 7. The van der Waals surface area contributed by atoms with Crippen molar-refractivity contribution in [3.63, 3.8) is 0 Å². The van der Waals surface area contributed by atoms with Gasteiger partial charge in [-0.25, -0.2) is 4.98 Å². The smallest absolute Gasteiger partial charge is 0.230 e. The van der Waals surface area contributed by atoms with Gasteiger partial charge in [-0.1, -0.05) is 6.07 Å². The molecule has 1 fully saturated rings. The molecule has 174 valence electrons. The van der Waals surface area contributed by atoms with Gasteiger partial charge in [-0.3, -0.25) is 14.7 Å². The van der Waals surface area contributed by atoms with Crippen LogP contribution < -0.4 is 14.8 Å². The number of rotatable bonds is 9. The van der Waals surface area contributed by atoms with Crippen LogP contribution in [-0.4, -0.2) is 47.6 Å². The molecule has 0 saturated carbocycles. The van der Waals surface area contributed by atoms with Crippen molar-refractivity contribution in [2.75, 3.05) is 20.8 Å². The lowest BCUT2D eigenvalue weighted by Gasteiger charge is -2.24. The van der Waals surface area contributed by atoms with Gasteiger partial charge < -0.3 is 19.2 Å². The molecule has 8 nitrogen and oxygen atoms in total. The highest BCUT2D eigenvalue weighted by atomic mass is 16.5. The maximum atomic E-state index is 11.7. The first kappa shape index (κ1) is 22.8. The minimum atomic E-state index is 0.114. The van der Waals surface area contributed by atoms with Crippen LogP contribution in [-0.2, 0) is 17.9 Å². The zero-order valence-electron chi connectivity index (χ0n) is 19.6. The Kier molecular flexibility index (Phi) is 6.93. The number of ether oxygens (including phenoxy) is 2. The lowest BCUT2D eigenvalue weighted by molar-refractivity contribution is -0.119. The molecular weight excluding hydrogens is 420 g/mol. The van der Waals surface area contributed by atoms with Crippen LogP contribution >= 0.6 is 0 Å². The van der Waals surface area contributed by atoms with E-state index < -0.39 is 0 Å². The molecule has 0 aliphatic carbocycles. The Morgan fingerprint density at radius 3 is 2.70 bits per heavy atom. The van der Waals surface area contributed by atoms with E-state index in [4.69, 9.17) is 18.9 Å². The van der Waals surface area contributed by atoms with Crippen LogP contribution in [0.5, 0.6) is 11.5 Å². The summed E-state index contributed by atoms with van der Waals surface area (Å²) in [4.78, 5) is 23.0. The molecule has 4 rings (SSSR count). The van der Waals surface area contributed by atoms with Gasteiger partial charge in [0.15, 0.2) is 0 Å². The number of oxazole rings is 1. The molecule has 1 saturated heterocycles. The number of methoxy groups -OCH3 is 2. The highest BCUT2D eigenvalue weighted by Crippen LogP contribution is 2.38. The molecule has 8 heteroatoms. The second-order valence-corrected chi connectivity index (χ2v) is 8.33. The first-order chi connectivity index (χ1) is 16.0. The molecule has 0 radical (unpaired) electrons. The number of carbonyl (C=O) groups is 1. The van der Waals surface area contributed by atoms with E-state index in [2.05, 4.69) is 21.3 Å². The third-order valence-electron chi connectivity index (χ3n) is 5.97. The molecule has 1 aromatic carbocycles. The largest absolute Gasteiger partial charge is 0.496 e. The van der Waals surface area contributed by atoms with Crippen LogP contribution in [0.15, 0.2) is 41.1 Å². The quantitative estimate of drug-likeness (QED) is 0.532. The Morgan fingerprint density at radius 2 is 2.03 bits per heavy atom. The first-order valence-electron chi connectivity index (χ1n) is 11.1. The van der Waals surface area contributed by atoms with Gasteiger partial charge in [0.05, 0.1) is 25.5 Å². The fourth-order valence-corrected chi connectivity index (χ4v) is 4.29. The van der Waals surface area contributed by atoms with E-state index in [0.29, 0.717) is 31.2 Å². The number of aromatic nitrogens is 2. The lowest BCUT2D eigenvalue weighted by Crippen LogP contribution is -2.38. The standard InChI is InChI=1S/C25H30N4O4/c1-16-22(31-3)9-8-20(24(16)32-4)25-28-21(17(2)33-25)15-29(13-18-6-5-11-26-12-18)14-19-7-10-23(30)27-19/h5-6,8-9,11-12,19H,7,10,13-15H2,1-4H3,(H,27,30)/t19-/m0/s1. The normalized spacial score (nSPS) is 15.7. The lowest BCUT2D eigenvalue weighted by atomic mass is 10.1. The van der Waals surface area contributed by atoms with E-state index in [1.54, 1.807) is 20.4 Å². The van der Waals surface area contributed by atoms with E-state index in [9.17, 15) is 4.79 Å². The summed E-state index contributed by atoms with van der Waals surface area (Å²) in [7, 11) is 3.27. The minimum Gasteiger partial charge on any atom is -0.496 e. The van der Waals surface area contributed by atoms with E-state index in [1.807, 2.05) is 38.2 Å². The highest BCUT2D eigenvalue weighted by Gasteiger charge is 2.25. The molecular formula is C25H30N4O4. The zero-order chi connectivity index (χ0) is 23.4. The number of amides is 1. The summed E-state index contributed by atoms with van der Waals surface area (Å²) in [6.07, 6.45) is 5.05. The van der Waals surface area contributed by atoms with Crippen molar-refractivity contribution in [2.24, 2.45) is 0 Å². The Hall–Kier alpha value is -3.39. The van der Waals surface area contributed by atoms with Crippen molar-refractivity contribution in [1.29, 1.82) is 0 Å². The maximum Gasteiger partial charge on any atom is 0.230 e. The molecule has 1 aliphatic rings. The second kappa shape index (κ2) is 10.0. The van der Waals surface area contributed by atoms with Gasteiger partial charge in [0, 0.05) is 50.1 Å². The van der Waals surface area contributed by atoms with Crippen molar-refractivity contribution in [2.45, 2.75) is 45.8 Å². The van der Waals surface area contributed by atoms with Crippen LogP contribution in [0.25, 0.3) is 11.5 Å². The number of aryl methyl sites for hydroxylation is 1. The van der Waals surface area contributed by atoms with Gasteiger partial charge in [0.25, 0.3) is 0 Å². The SMILES string of the molecule is COc1ccc(-c2nc(CN(Cc3cccnc3)C[C@@H]3CCC(=O)N3)c(C)o2)c(OC)c1C. The van der Waals surface area contributed by atoms with Crippen LogP contribution in [0, 0.1) is 13.8 Å². The summed E-state index contributed by atoms with van der Waals surface area (Å²) >= 11 is 0. The van der Waals surface area contributed by atoms with Gasteiger partial charge in [-0.2, -0.15) is 0 Å². The minimum absolute atomic E-state index is 0.114. The molecule has 33 heavy (non-hydrogen) atoms. The van der Waals surface area contributed by atoms with Gasteiger partial charge >= 0.3 is 0 Å². The molecule has 1 N–H and O–H groups in total. The van der Waals surface area contributed by atoms with Crippen LogP contribution in [0.1, 0.15) is 35.4 Å². The number of pyridine rings is 1. The monoisotopic (exact) mass is 450 g/mol. The van der Waals surface area contributed by atoms with Crippen molar-refractivity contribution in [1.82, 2.24) is 20.2 Å². The number of nitrogens with one attached hydrogen (secondary N) is 1. The predicted molar refractivity (Wildman–Crippen MR) is 124 cm³/mol.